The van der Waals surface area contributed by atoms with Crippen LogP contribution in [0.5, 0.6) is 11.5 Å². The van der Waals surface area contributed by atoms with E-state index < -0.39 is 5.97 Å². The predicted octanol–water partition coefficient (Wildman–Crippen LogP) is 5.29. The molecular weight excluding hydrogens is 458 g/mol. The van der Waals surface area contributed by atoms with Gasteiger partial charge in [-0.3, -0.25) is 4.79 Å². The van der Waals surface area contributed by atoms with Crippen LogP contribution in [0, 0.1) is 6.92 Å². The highest BCUT2D eigenvalue weighted by Crippen LogP contribution is 2.29. The summed E-state index contributed by atoms with van der Waals surface area (Å²) in [4.78, 5) is 25.4. The van der Waals surface area contributed by atoms with Crippen LogP contribution in [0.2, 0.25) is 0 Å². The van der Waals surface area contributed by atoms with Gasteiger partial charge in [0, 0.05) is 16.8 Å². The molecule has 0 aliphatic heterocycles. The molecule has 0 bridgehead atoms. The van der Waals surface area contributed by atoms with E-state index in [2.05, 4.69) is 10.4 Å². The van der Waals surface area contributed by atoms with Crippen LogP contribution in [0.3, 0.4) is 0 Å². The van der Waals surface area contributed by atoms with E-state index in [-0.39, 0.29) is 18.2 Å². The van der Waals surface area contributed by atoms with Crippen LogP contribution >= 0.6 is 0 Å². The molecule has 0 spiro atoms. The average molecular weight is 486 g/mol. The number of nitrogens with one attached hydrogen (secondary N) is 1. The van der Waals surface area contributed by atoms with E-state index in [9.17, 15) is 9.59 Å². The Labute approximate surface area is 209 Å². The lowest BCUT2D eigenvalue weighted by atomic mass is 10.1. The van der Waals surface area contributed by atoms with Crippen molar-refractivity contribution in [2.24, 2.45) is 0 Å². The number of hydrogen-bond donors (Lipinski definition) is 1. The van der Waals surface area contributed by atoms with Gasteiger partial charge in [0.25, 0.3) is 5.91 Å². The topological polar surface area (TPSA) is 91.7 Å². The van der Waals surface area contributed by atoms with Crippen LogP contribution in [-0.2, 0) is 4.74 Å². The molecule has 0 atom stereocenters. The summed E-state index contributed by atoms with van der Waals surface area (Å²) in [5.41, 5.74) is 4.53. The summed E-state index contributed by atoms with van der Waals surface area (Å²) in [5, 5.41) is 7.44. The number of carbonyl (C=O) groups is 2. The summed E-state index contributed by atoms with van der Waals surface area (Å²) in [5.74, 6) is 0.209. The Morgan fingerprint density at radius 1 is 0.917 bits per heavy atom. The molecule has 8 nitrogen and oxygen atoms in total. The predicted molar refractivity (Wildman–Crippen MR) is 137 cm³/mol. The summed E-state index contributed by atoms with van der Waals surface area (Å²) in [7, 11) is 3.06. The van der Waals surface area contributed by atoms with Crippen molar-refractivity contribution >= 4 is 17.6 Å². The van der Waals surface area contributed by atoms with Gasteiger partial charge < -0.3 is 19.5 Å². The normalized spacial score (nSPS) is 10.6. The van der Waals surface area contributed by atoms with Crippen molar-refractivity contribution in [3.63, 3.8) is 0 Å². The third-order valence-corrected chi connectivity index (χ3v) is 5.50. The average Bonchev–Trinajstić information content (AvgIpc) is 3.34. The quantitative estimate of drug-likeness (QED) is 0.341. The smallest absolute Gasteiger partial charge is 0.358 e. The van der Waals surface area contributed by atoms with Crippen molar-refractivity contribution in [3.05, 3.63) is 89.6 Å². The maximum atomic E-state index is 12.9. The Morgan fingerprint density at radius 2 is 1.69 bits per heavy atom. The number of anilines is 1. The maximum Gasteiger partial charge on any atom is 0.358 e. The van der Waals surface area contributed by atoms with Gasteiger partial charge in [0.2, 0.25) is 0 Å². The largest absolute Gasteiger partial charge is 0.493 e. The van der Waals surface area contributed by atoms with E-state index in [0.29, 0.717) is 28.4 Å². The fraction of sp³-hybridized carbons (Fsp3) is 0.179. The van der Waals surface area contributed by atoms with Gasteiger partial charge >= 0.3 is 5.97 Å². The van der Waals surface area contributed by atoms with Crippen molar-refractivity contribution < 1.29 is 23.8 Å². The summed E-state index contributed by atoms with van der Waals surface area (Å²) in [6, 6.07) is 21.8. The summed E-state index contributed by atoms with van der Waals surface area (Å²) >= 11 is 0. The number of hydrogen-bond acceptors (Lipinski definition) is 6. The highest BCUT2D eigenvalue weighted by molar-refractivity contribution is 6.05. The third kappa shape index (κ3) is 5.22. The molecule has 1 heterocycles. The number of rotatable bonds is 8. The molecule has 4 rings (SSSR count). The SMILES string of the molecule is CCOC(=O)c1cc(-c2cccc(NC(=O)c3ccc(OC)c(OC)c3)c2)n(-c2cccc(C)c2)n1. The molecule has 0 saturated heterocycles. The molecule has 8 heteroatoms. The van der Waals surface area contributed by atoms with Crippen LogP contribution < -0.4 is 14.8 Å². The second-order valence-corrected chi connectivity index (χ2v) is 7.99. The van der Waals surface area contributed by atoms with Gasteiger partial charge in [0.05, 0.1) is 32.2 Å². The number of benzene rings is 3. The van der Waals surface area contributed by atoms with Crippen molar-refractivity contribution in [2.45, 2.75) is 13.8 Å². The van der Waals surface area contributed by atoms with E-state index in [1.807, 2.05) is 49.4 Å². The molecule has 3 aromatic carbocycles. The number of aryl methyl sites for hydroxylation is 1. The minimum atomic E-state index is -0.497. The van der Waals surface area contributed by atoms with E-state index in [1.165, 1.54) is 14.2 Å². The number of aromatic nitrogens is 2. The van der Waals surface area contributed by atoms with E-state index in [4.69, 9.17) is 14.2 Å². The maximum absolute atomic E-state index is 12.9. The first-order valence-corrected chi connectivity index (χ1v) is 11.4. The van der Waals surface area contributed by atoms with Gasteiger partial charge in [-0.1, -0.05) is 24.3 Å². The molecule has 0 fully saturated rings. The molecule has 1 amide bonds. The fourth-order valence-electron chi connectivity index (χ4n) is 3.79. The number of carbonyl (C=O) groups excluding carboxylic acids is 2. The molecule has 0 radical (unpaired) electrons. The second kappa shape index (κ2) is 10.8. The Morgan fingerprint density at radius 3 is 2.42 bits per heavy atom. The lowest BCUT2D eigenvalue weighted by molar-refractivity contribution is 0.0519. The molecule has 36 heavy (non-hydrogen) atoms. The second-order valence-electron chi connectivity index (χ2n) is 7.99. The Balaban J connectivity index is 1.69. The van der Waals surface area contributed by atoms with Crippen molar-refractivity contribution in [1.82, 2.24) is 9.78 Å². The molecule has 0 saturated carbocycles. The summed E-state index contributed by atoms with van der Waals surface area (Å²) in [6.45, 7) is 3.99. The van der Waals surface area contributed by atoms with Gasteiger partial charge in [-0.05, 0) is 67.9 Å². The molecule has 0 unspecified atom stereocenters. The molecule has 184 valence electrons. The number of nitrogens with zero attached hydrogens (tertiary/aromatic N) is 2. The first kappa shape index (κ1) is 24.5. The molecule has 1 aromatic heterocycles. The van der Waals surface area contributed by atoms with Crippen molar-refractivity contribution in [1.29, 1.82) is 0 Å². The lowest BCUT2D eigenvalue weighted by Crippen LogP contribution is -2.12. The monoisotopic (exact) mass is 485 g/mol. The van der Waals surface area contributed by atoms with Crippen LogP contribution in [0.15, 0.2) is 72.8 Å². The molecule has 0 aliphatic rings. The Bertz CT molecular complexity index is 1410. The summed E-state index contributed by atoms with van der Waals surface area (Å²) in [6.07, 6.45) is 0. The molecule has 4 aromatic rings. The van der Waals surface area contributed by atoms with Gasteiger partial charge in [-0.25, -0.2) is 9.48 Å². The van der Waals surface area contributed by atoms with Crippen LogP contribution in [-0.4, -0.2) is 42.5 Å². The minimum absolute atomic E-state index is 0.202. The molecule has 1 N–H and O–H groups in total. The standard InChI is InChI=1S/C28H27N3O5/c1-5-36-28(33)23-17-24(31(30-23)22-11-6-8-18(2)14-22)19-9-7-10-21(15-19)29-27(32)20-12-13-25(34-3)26(16-20)35-4/h6-17H,5H2,1-4H3,(H,29,32). The van der Waals surface area contributed by atoms with Gasteiger partial charge in [-0.15, -0.1) is 0 Å². The summed E-state index contributed by atoms with van der Waals surface area (Å²) < 4.78 is 17.4. The molecular formula is C28H27N3O5. The van der Waals surface area contributed by atoms with E-state index >= 15 is 0 Å². The zero-order valence-corrected chi connectivity index (χ0v) is 20.6. The van der Waals surface area contributed by atoms with E-state index in [1.54, 1.807) is 41.9 Å². The van der Waals surface area contributed by atoms with Crippen LogP contribution in [0.4, 0.5) is 5.69 Å². The van der Waals surface area contributed by atoms with Gasteiger partial charge in [0.15, 0.2) is 17.2 Å². The zero-order chi connectivity index (χ0) is 25.7. The number of methoxy groups -OCH3 is 2. The fourth-order valence-corrected chi connectivity index (χ4v) is 3.79. The number of ether oxygens (including phenoxy) is 3. The molecule has 0 aliphatic carbocycles. The van der Waals surface area contributed by atoms with Crippen molar-refractivity contribution in [2.75, 3.05) is 26.1 Å². The first-order valence-electron chi connectivity index (χ1n) is 11.4. The number of amides is 1. The zero-order valence-electron chi connectivity index (χ0n) is 20.6. The van der Waals surface area contributed by atoms with Crippen molar-refractivity contribution in [3.8, 4) is 28.4 Å². The Kier molecular flexibility index (Phi) is 7.34. The van der Waals surface area contributed by atoms with Crippen LogP contribution in [0.25, 0.3) is 16.9 Å². The lowest BCUT2D eigenvalue weighted by Gasteiger charge is -2.12. The van der Waals surface area contributed by atoms with E-state index in [0.717, 1.165) is 16.8 Å². The van der Waals surface area contributed by atoms with Gasteiger partial charge in [-0.2, -0.15) is 5.10 Å². The third-order valence-electron chi connectivity index (χ3n) is 5.50. The first-order chi connectivity index (χ1) is 17.4. The highest BCUT2D eigenvalue weighted by Gasteiger charge is 2.18. The highest BCUT2D eigenvalue weighted by atomic mass is 16.5. The van der Waals surface area contributed by atoms with Crippen LogP contribution in [0.1, 0.15) is 33.3 Å². The minimum Gasteiger partial charge on any atom is -0.493 e. The Hall–Kier alpha value is -4.59. The number of esters is 1. The van der Waals surface area contributed by atoms with Gasteiger partial charge in [0.1, 0.15) is 0 Å².